The maximum Gasteiger partial charge on any atom is 0.315 e. The summed E-state index contributed by atoms with van der Waals surface area (Å²) < 4.78 is 5.53. The Kier molecular flexibility index (Phi) is 5.55. The number of ether oxygens (including phenoxy) is 1. The fraction of sp³-hybridized carbons (Fsp3) is 0.615. The number of nitrogens with one attached hydrogen (secondary N) is 3. The van der Waals surface area contributed by atoms with Gasteiger partial charge >= 0.3 is 6.03 Å². The quantitative estimate of drug-likeness (QED) is 0.669. The molecule has 2 atom stereocenters. The summed E-state index contributed by atoms with van der Waals surface area (Å²) in [6, 6.07) is 1.61. The van der Waals surface area contributed by atoms with Crippen LogP contribution in [0.1, 0.15) is 19.8 Å². The predicted octanol–water partition coefficient (Wildman–Crippen LogP) is 0.755. The molecule has 0 spiro atoms. The molecule has 7 heteroatoms. The van der Waals surface area contributed by atoms with Crippen LogP contribution in [-0.4, -0.2) is 47.8 Å². The number of aromatic nitrogens is 2. The molecule has 110 valence electrons. The molecule has 1 fully saturated rings. The zero-order valence-electron chi connectivity index (χ0n) is 11.6. The SMILES string of the molecule is C[C@@H](NC(=O)NCCNc1ncccn1)[C@H]1CCCO1. The number of nitrogens with zero attached hydrogens (tertiary/aromatic N) is 2. The zero-order valence-corrected chi connectivity index (χ0v) is 11.6. The molecule has 0 bridgehead atoms. The molecule has 1 saturated heterocycles. The molecule has 7 nitrogen and oxygen atoms in total. The van der Waals surface area contributed by atoms with Gasteiger partial charge in [0.2, 0.25) is 5.95 Å². The summed E-state index contributed by atoms with van der Waals surface area (Å²) >= 11 is 0. The molecule has 0 aliphatic carbocycles. The monoisotopic (exact) mass is 279 g/mol. The van der Waals surface area contributed by atoms with Crippen molar-refractivity contribution in [2.75, 3.05) is 25.0 Å². The molecule has 3 N–H and O–H groups in total. The lowest BCUT2D eigenvalue weighted by Gasteiger charge is -2.20. The molecular formula is C13H21N5O2. The van der Waals surface area contributed by atoms with E-state index >= 15 is 0 Å². The van der Waals surface area contributed by atoms with Crippen LogP contribution in [-0.2, 0) is 4.74 Å². The summed E-state index contributed by atoms with van der Waals surface area (Å²) in [6.07, 6.45) is 5.54. The van der Waals surface area contributed by atoms with Crippen molar-refractivity contribution in [3.05, 3.63) is 18.5 Å². The van der Waals surface area contributed by atoms with Crippen LogP contribution in [0.4, 0.5) is 10.7 Å². The smallest absolute Gasteiger partial charge is 0.315 e. The lowest BCUT2D eigenvalue weighted by Crippen LogP contribution is -2.46. The standard InChI is InChI=1S/C13H21N5O2/c1-10(11-4-2-9-20-11)18-13(19)17-8-7-16-12-14-5-3-6-15-12/h3,5-6,10-11H,2,4,7-9H2,1H3,(H,14,15,16)(H2,17,18,19)/t10-,11-/m1/s1. The van der Waals surface area contributed by atoms with Crippen molar-refractivity contribution in [1.29, 1.82) is 0 Å². The van der Waals surface area contributed by atoms with Gasteiger partial charge in [0.15, 0.2) is 0 Å². The van der Waals surface area contributed by atoms with Crippen LogP contribution >= 0.6 is 0 Å². The highest BCUT2D eigenvalue weighted by Crippen LogP contribution is 2.15. The molecule has 0 radical (unpaired) electrons. The topological polar surface area (TPSA) is 88.2 Å². The number of hydrogen-bond acceptors (Lipinski definition) is 5. The average molecular weight is 279 g/mol. The molecule has 1 aliphatic rings. The molecule has 2 heterocycles. The van der Waals surface area contributed by atoms with E-state index in [0.29, 0.717) is 19.0 Å². The van der Waals surface area contributed by atoms with Crippen LogP contribution in [0.25, 0.3) is 0 Å². The van der Waals surface area contributed by atoms with Gasteiger partial charge in [-0.3, -0.25) is 0 Å². The average Bonchev–Trinajstić information content (AvgIpc) is 2.99. The van der Waals surface area contributed by atoms with Crippen molar-refractivity contribution in [2.24, 2.45) is 0 Å². The Morgan fingerprint density at radius 2 is 2.25 bits per heavy atom. The summed E-state index contributed by atoms with van der Waals surface area (Å²) in [5.74, 6) is 0.558. The maximum atomic E-state index is 11.7. The first-order valence-electron chi connectivity index (χ1n) is 6.92. The van der Waals surface area contributed by atoms with E-state index in [1.165, 1.54) is 0 Å². The van der Waals surface area contributed by atoms with E-state index in [4.69, 9.17) is 4.74 Å². The Morgan fingerprint density at radius 3 is 2.95 bits per heavy atom. The van der Waals surface area contributed by atoms with Crippen molar-refractivity contribution in [1.82, 2.24) is 20.6 Å². The number of amides is 2. The second-order valence-corrected chi connectivity index (χ2v) is 4.74. The number of hydrogen-bond donors (Lipinski definition) is 3. The van der Waals surface area contributed by atoms with Gasteiger partial charge < -0.3 is 20.7 Å². The Bertz CT molecular complexity index is 408. The number of carbonyl (C=O) groups is 1. The van der Waals surface area contributed by atoms with Gasteiger partial charge in [0.05, 0.1) is 12.1 Å². The van der Waals surface area contributed by atoms with Gasteiger partial charge in [0.25, 0.3) is 0 Å². The van der Waals surface area contributed by atoms with E-state index in [1.54, 1.807) is 18.5 Å². The second kappa shape index (κ2) is 7.64. The lowest BCUT2D eigenvalue weighted by atomic mass is 10.1. The van der Waals surface area contributed by atoms with E-state index in [2.05, 4.69) is 25.9 Å². The largest absolute Gasteiger partial charge is 0.376 e. The number of rotatable bonds is 6. The minimum absolute atomic E-state index is 0.0305. The molecule has 0 saturated carbocycles. The number of urea groups is 1. The maximum absolute atomic E-state index is 11.7. The summed E-state index contributed by atoms with van der Waals surface area (Å²) in [5, 5.41) is 8.69. The van der Waals surface area contributed by atoms with Gasteiger partial charge in [0, 0.05) is 32.1 Å². The fourth-order valence-electron chi connectivity index (χ4n) is 2.09. The van der Waals surface area contributed by atoms with Crippen molar-refractivity contribution in [2.45, 2.75) is 31.9 Å². The highest BCUT2D eigenvalue weighted by Gasteiger charge is 2.23. The summed E-state index contributed by atoms with van der Waals surface area (Å²) in [4.78, 5) is 19.7. The minimum Gasteiger partial charge on any atom is -0.376 e. The summed E-state index contributed by atoms with van der Waals surface area (Å²) in [7, 11) is 0. The van der Waals surface area contributed by atoms with Gasteiger partial charge in [-0.15, -0.1) is 0 Å². The van der Waals surface area contributed by atoms with Gasteiger partial charge in [-0.25, -0.2) is 14.8 Å². The van der Waals surface area contributed by atoms with Crippen LogP contribution < -0.4 is 16.0 Å². The summed E-state index contributed by atoms with van der Waals surface area (Å²) in [5.41, 5.74) is 0. The Morgan fingerprint density at radius 1 is 1.45 bits per heavy atom. The Labute approximate surface area is 118 Å². The molecule has 1 aliphatic heterocycles. The fourth-order valence-corrected chi connectivity index (χ4v) is 2.09. The molecule has 2 amide bonds. The molecule has 2 rings (SSSR count). The van der Waals surface area contributed by atoms with Crippen LogP contribution in [0.3, 0.4) is 0 Å². The van der Waals surface area contributed by atoms with E-state index < -0.39 is 0 Å². The first kappa shape index (κ1) is 14.5. The summed E-state index contributed by atoms with van der Waals surface area (Å²) in [6.45, 7) is 3.83. The van der Waals surface area contributed by atoms with Crippen LogP contribution in [0.15, 0.2) is 18.5 Å². The van der Waals surface area contributed by atoms with Crippen molar-refractivity contribution < 1.29 is 9.53 Å². The van der Waals surface area contributed by atoms with E-state index in [0.717, 1.165) is 19.4 Å². The second-order valence-electron chi connectivity index (χ2n) is 4.74. The van der Waals surface area contributed by atoms with Gasteiger partial charge in [-0.2, -0.15) is 0 Å². The van der Waals surface area contributed by atoms with Crippen molar-refractivity contribution >= 4 is 12.0 Å². The number of anilines is 1. The van der Waals surface area contributed by atoms with E-state index in [1.807, 2.05) is 6.92 Å². The van der Waals surface area contributed by atoms with E-state index in [9.17, 15) is 4.79 Å². The van der Waals surface area contributed by atoms with E-state index in [-0.39, 0.29) is 18.2 Å². The highest BCUT2D eigenvalue weighted by molar-refractivity contribution is 5.74. The van der Waals surface area contributed by atoms with Crippen LogP contribution in [0, 0.1) is 0 Å². The Balaban J connectivity index is 1.58. The lowest BCUT2D eigenvalue weighted by molar-refractivity contribution is 0.0860. The minimum atomic E-state index is -0.177. The molecule has 20 heavy (non-hydrogen) atoms. The van der Waals surface area contributed by atoms with Crippen molar-refractivity contribution in [3.63, 3.8) is 0 Å². The molecule has 1 aromatic heterocycles. The molecule has 1 aromatic rings. The third kappa shape index (κ3) is 4.65. The first-order chi connectivity index (χ1) is 9.75. The van der Waals surface area contributed by atoms with Gasteiger partial charge in [-0.1, -0.05) is 0 Å². The highest BCUT2D eigenvalue weighted by atomic mass is 16.5. The Hall–Kier alpha value is -1.89. The van der Waals surface area contributed by atoms with Gasteiger partial charge in [-0.05, 0) is 25.8 Å². The predicted molar refractivity (Wildman–Crippen MR) is 75.5 cm³/mol. The zero-order chi connectivity index (χ0) is 14.2. The van der Waals surface area contributed by atoms with Crippen LogP contribution in [0.2, 0.25) is 0 Å². The number of carbonyl (C=O) groups excluding carboxylic acids is 1. The normalized spacial score (nSPS) is 19.4. The molecule has 0 unspecified atom stereocenters. The first-order valence-corrected chi connectivity index (χ1v) is 6.92. The molecular weight excluding hydrogens is 258 g/mol. The van der Waals surface area contributed by atoms with Gasteiger partial charge in [0.1, 0.15) is 0 Å². The molecule has 0 aromatic carbocycles. The third-order valence-electron chi connectivity index (χ3n) is 3.14. The van der Waals surface area contributed by atoms with Crippen molar-refractivity contribution in [3.8, 4) is 0 Å². The van der Waals surface area contributed by atoms with Crippen LogP contribution in [0.5, 0.6) is 0 Å². The third-order valence-corrected chi connectivity index (χ3v) is 3.14.